The number of halogens is 4. The van der Waals surface area contributed by atoms with Crippen LogP contribution < -0.4 is 5.32 Å². The van der Waals surface area contributed by atoms with Gasteiger partial charge < -0.3 is 10.1 Å². The molecule has 0 saturated carbocycles. The molecule has 160 valence electrons. The van der Waals surface area contributed by atoms with Crippen molar-refractivity contribution in [2.24, 2.45) is 0 Å². The minimum Gasteiger partial charge on any atom is -0.465 e. The minimum atomic E-state index is -4.74. The van der Waals surface area contributed by atoms with Crippen molar-refractivity contribution in [3.8, 4) is 11.1 Å². The molecule has 1 heterocycles. The van der Waals surface area contributed by atoms with E-state index in [2.05, 4.69) is 15.0 Å². The van der Waals surface area contributed by atoms with Gasteiger partial charge in [-0.2, -0.15) is 13.2 Å². The summed E-state index contributed by atoms with van der Waals surface area (Å²) in [6.07, 6.45) is -1.63. The Bertz CT molecular complexity index is 1130. The molecular weight excluding hydrogens is 433 g/mol. The fourth-order valence-electron chi connectivity index (χ4n) is 2.95. The molecule has 3 rings (SSSR count). The lowest BCUT2D eigenvalue weighted by Gasteiger charge is -2.13. The first-order valence-electron chi connectivity index (χ1n) is 8.97. The van der Waals surface area contributed by atoms with Crippen LogP contribution in [0.4, 0.5) is 13.2 Å². The third kappa shape index (κ3) is 5.21. The second-order valence-corrected chi connectivity index (χ2v) is 6.89. The van der Waals surface area contributed by atoms with Crippen LogP contribution in [-0.2, 0) is 17.5 Å². The molecule has 0 fully saturated rings. The lowest BCUT2D eigenvalue weighted by atomic mass is 10.0. The third-order valence-corrected chi connectivity index (χ3v) is 4.78. The van der Waals surface area contributed by atoms with Gasteiger partial charge in [-0.05, 0) is 41.5 Å². The molecule has 0 bridgehead atoms. The SMILES string of the molecule is COC(=O)c1cc(C(=O)NCc2cnccc2-c2ccccc2Cl)cc(C(F)(F)F)c1. The smallest absolute Gasteiger partial charge is 0.416 e. The summed E-state index contributed by atoms with van der Waals surface area (Å²) in [5.41, 5.74) is 0.241. The van der Waals surface area contributed by atoms with Gasteiger partial charge in [-0.25, -0.2) is 4.79 Å². The number of nitrogens with zero attached hydrogens (tertiary/aromatic N) is 1. The average Bonchev–Trinajstić information content (AvgIpc) is 2.76. The second kappa shape index (κ2) is 9.18. The second-order valence-electron chi connectivity index (χ2n) is 6.48. The van der Waals surface area contributed by atoms with Gasteiger partial charge in [-0.3, -0.25) is 9.78 Å². The van der Waals surface area contributed by atoms with E-state index in [1.54, 1.807) is 36.5 Å². The van der Waals surface area contributed by atoms with Gasteiger partial charge >= 0.3 is 12.1 Å². The molecule has 0 aliphatic heterocycles. The Morgan fingerprint density at radius 1 is 1.06 bits per heavy atom. The molecule has 1 amide bonds. The number of carbonyl (C=O) groups excluding carboxylic acids is 2. The number of ether oxygens (including phenoxy) is 1. The van der Waals surface area contributed by atoms with Gasteiger partial charge in [0.2, 0.25) is 0 Å². The number of hydrogen-bond donors (Lipinski definition) is 1. The fraction of sp³-hybridized carbons (Fsp3) is 0.136. The average molecular weight is 449 g/mol. The minimum absolute atomic E-state index is 0.0168. The summed E-state index contributed by atoms with van der Waals surface area (Å²) in [6, 6.07) is 11.2. The molecule has 2 aromatic carbocycles. The topological polar surface area (TPSA) is 68.3 Å². The van der Waals surface area contributed by atoms with Crippen molar-refractivity contribution >= 4 is 23.5 Å². The van der Waals surface area contributed by atoms with Crippen LogP contribution >= 0.6 is 11.6 Å². The van der Waals surface area contributed by atoms with Crippen LogP contribution in [0.25, 0.3) is 11.1 Å². The molecule has 0 radical (unpaired) electrons. The van der Waals surface area contributed by atoms with Crippen LogP contribution in [0.15, 0.2) is 60.9 Å². The van der Waals surface area contributed by atoms with E-state index in [9.17, 15) is 22.8 Å². The Morgan fingerprint density at radius 3 is 2.45 bits per heavy atom. The summed E-state index contributed by atoms with van der Waals surface area (Å²) >= 11 is 6.25. The monoisotopic (exact) mass is 448 g/mol. The number of alkyl halides is 3. The van der Waals surface area contributed by atoms with E-state index in [1.807, 2.05) is 0 Å². The summed E-state index contributed by atoms with van der Waals surface area (Å²) in [6.45, 7) is -0.0168. The van der Waals surface area contributed by atoms with Crippen LogP contribution in [0, 0.1) is 0 Å². The summed E-state index contributed by atoms with van der Waals surface area (Å²) in [7, 11) is 1.04. The predicted molar refractivity (Wildman–Crippen MR) is 109 cm³/mol. The maximum absolute atomic E-state index is 13.2. The highest BCUT2D eigenvalue weighted by atomic mass is 35.5. The number of carbonyl (C=O) groups is 2. The highest BCUT2D eigenvalue weighted by Crippen LogP contribution is 2.32. The van der Waals surface area contributed by atoms with Crippen LogP contribution in [0.1, 0.15) is 31.8 Å². The van der Waals surface area contributed by atoms with Crippen LogP contribution in [0.2, 0.25) is 5.02 Å². The summed E-state index contributed by atoms with van der Waals surface area (Å²) in [4.78, 5) is 28.4. The fourth-order valence-corrected chi connectivity index (χ4v) is 3.18. The summed E-state index contributed by atoms with van der Waals surface area (Å²) < 4.78 is 44.1. The molecule has 1 aromatic heterocycles. The Kier molecular flexibility index (Phi) is 6.60. The quantitative estimate of drug-likeness (QED) is 0.549. The largest absolute Gasteiger partial charge is 0.465 e. The standard InChI is InChI=1S/C22H16ClF3N2O3/c1-31-21(30)14-8-13(9-16(10-14)22(24,25)26)20(29)28-12-15-11-27-7-6-17(15)18-4-2-3-5-19(18)23/h2-11H,12H2,1H3,(H,28,29). The first-order chi connectivity index (χ1) is 14.7. The number of methoxy groups -OCH3 is 1. The number of amides is 1. The number of benzene rings is 2. The van der Waals surface area contributed by atoms with Crippen molar-refractivity contribution in [3.05, 3.63) is 88.2 Å². The molecule has 31 heavy (non-hydrogen) atoms. The first kappa shape index (κ1) is 22.3. The van der Waals surface area contributed by atoms with Gasteiger partial charge in [0.25, 0.3) is 5.91 Å². The van der Waals surface area contributed by atoms with Crippen LogP contribution in [0.5, 0.6) is 0 Å². The van der Waals surface area contributed by atoms with Crippen LogP contribution in [-0.4, -0.2) is 24.0 Å². The van der Waals surface area contributed by atoms with E-state index in [4.69, 9.17) is 11.6 Å². The Balaban J connectivity index is 1.89. The third-order valence-electron chi connectivity index (χ3n) is 4.45. The maximum Gasteiger partial charge on any atom is 0.416 e. The molecule has 9 heteroatoms. The first-order valence-corrected chi connectivity index (χ1v) is 9.35. The summed E-state index contributed by atoms with van der Waals surface area (Å²) in [5.74, 6) is -1.77. The molecule has 3 aromatic rings. The zero-order valence-corrected chi connectivity index (χ0v) is 16.9. The normalized spacial score (nSPS) is 11.1. The lowest BCUT2D eigenvalue weighted by Crippen LogP contribution is -2.24. The molecule has 0 spiro atoms. The number of esters is 1. The number of nitrogens with one attached hydrogen (secondary N) is 1. The molecule has 0 atom stereocenters. The van der Waals surface area contributed by atoms with Gasteiger partial charge in [0.15, 0.2) is 0 Å². The molecular formula is C22H16ClF3N2O3. The van der Waals surface area contributed by atoms with E-state index in [-0.39, 0.29) is 17.7 Å². The van der Waals surface area contributed by atoms with Crippen molar-refractivity contribution in [2.45, 2.75) is 12.7 Å². The van der Waals surface area contributed by atoms with Gasteiger partial charge in [0, 0.05) is 35.1 Å². The number of pyridine rings is 1. The van der Waals surface area contributed by atoms with Gasteiger partial charge in [-0.15, -0.1) is 0 Å². The molecule has 0 saturated heterocycles. The Hall–Kier alpha value is -3.39. The number of aromatic nitrogens is 1. The molecule has 5 nitrogen and oxygen atoms in total. The van der Waals surface area contributed by atoms with Gasteiger partial charge in [0.1, 0.15) is 0 Å². The van der Waals surface area contributed by atoms with Crippen molar-refractivity contribution in [2.75, 3.05) is 7.11 Å². The summed E-state index contributed by atoms with van der Waals surface area (Å²) in [5, 5.41) is 3.07. The highest BCUT2D eigenvalue weighted by molar-refractivity contribution is 6.33. The highest BCUT2D eigenvalue weighted by Gasteiger charge is 2.32. The van der Waals surface area contributed by atoms with Crippen molar-refractivity contribution < 1.29 is 27.5 Å². The van der Waals surface area contributed by atoms with Crippen molar-refractivity contribution in [1.82, 2.24) is 10.3 Å². The van der Waals surface area contributed by atoms with E-state index >= 15 is 0 Å². The van der Waals surface area contributed by atoms with Crippen molar-refractivity contribution in [1.29, 1.82) is 0 Å². The van der Waals surface area contributed by atoms with Gasteiger partial charge in [0.05, 0.1) is 18.2 Å². The molecule has 0 unspecified atom stereocenters. The lowest BCUT2D eigenvalue weighted by molar-refractivity contribution is -0.137. The van der Waals surface area contributed by atoms with E-state index in [1.165, 1.54) is 6.20 Å². The number of rotatable bonds is 5. The van der Waals surface area contributed by atoms with E-state index < -0.39 is 23.6 Å². The van der Waals surface area contributed by atoms with Gasteiger partial charge in [-0.1, -0.05) is 29.8 Å². The molecule has 0 aliphatic rings. The van der Waals surface area contributed by atoms with E-state index in [0.29, 0.717) is 22.7 Å². The van der Waals surface area contributed by atoms with Crippen molar-refractivity contribution in [3.63, 3.8) is 0 Å². The molecule has 1 N–H and O–H groups in total. The Labute approximate surface area is 180 Å². The predicted octanol–water partition coefficient (Wildman–Crippen LogP) is 5.14. The number of hydrogen-bond acceptors (Lipinski definition) is 4. The van der Waals surface area contributed by atoms with Crippen LogP contribution in [0.3, 0.4) is 0 Å². The maximum atomic E-state index is 13.2. The zero-order valence-electron chi connectivity index (χ0n) is 16.2. The van der Waals surface area contributed by atoms with E-state index in [0.717, 1.165) is 24.3 Å². The Morgan fingerprint density at radius 2 is 1.77 bits per heavy atom. The zero-order chi connectivity index (χ0) is 22.6. The molecule has 0 aliphatic carbocycles.